The molecule has 0 unspecified atom stereocenters. The second-order valence-corrected chi connectivity index (χ2v) is 2.08. The SMILES string of the molecule is NC(=O)Oc1cccc(N)c1F. The van der Waals surface area contributed by atoms with Crippen molar-refractivity contribution >= 4 is 11.8 Å². The minimum atomic E-state index is -1.07. The van der Waals surface area contributed by atoms with Gasteiger partial charge in [0.25, 0.3) is 0 Å². The van der Waals surface area contributed by atoms with Crippen LogP contribution in [0.4, 0.5) is 14.9 Å². The number of anilines is 1. The van der Waals surface area contributed by atoms with Crippen LogP contribution in [0.1, 0.15) is 0 Å². The third kappa shape index (κ3) is 1.63. The van der Waals surface area contributed by atoms with E-state index in [2.05, 4.69) is 10.5 Å². The molecule has 0 aromatic heterocycles. The number of rotatable bonds is 1. The molecule has 64 valence electrons. The van der Waals surface area contributed by atoms with Crippen LogP contribution in [0.15, 0.2) is 18.2 Å². The minimum absolute atomic E-state index is 0.0891. The minimum Gasteiger partial charge on any atom is -0.407 e. The maximum absolute atomic E-state index is 12.9. The lowest BCUT2D eigenvalue weighted by Gasteiger charge is -2.02. The summed E-state index contributed by atoms with van der Waals surface area (Å²) in [5.74, 6) is -1.04. The van der Waals surface area contributed by atoms with Gasteiger partial charge in [0, 0.05) is 0 Å². The smallest absolute Gasteiger partial charge is 0.407 e. The van der Waals surface area contributed by atoms with E-state index in [0.717, 1.165) is 0 Å². The summed E-state index contributed by atoms with van der Waals surface area (Å²) in [7, 11) is 0. The van der Waals surface area contributed by atoms with Crippen LogP contribution in [-0.2, 0) is 0 Å². The number of nitrogens with two attached hydrogens (primary N) is 2. The first kappa shape index (κ1) is 8.32. The summed E-state index contributed by atoms with van der Waals surface area (Å²) in [6.07, 6.45) is -1.07. The normalized spacial score (nSPS) is 9.42. The van der Waals surface area contributed by atoms with Crippen LogP contribution in [0.25, 0.3) is 0 Å². The van der Waals surface area contributed by atoms with E-state index in [1.54, 1.807) is 0 Å². The Kier molecular flexibility index (Phi) is 2.14. The molecular weight excluding hydrogens is 163 g/mol. The first-order chi connectivity index (χ1) is 5.61. The molecule has 1 rings (SSSR count). The van der Waals surface area contributed by atoms with Crippen molar-refractivity contribution in [1.82, 2.24) is 0 Å². The summed E-state index contributed by atoms with van der Waals surface area (Å²) in [4.78, 5) is 10.2. The van der Waals surface area contributed by atoms with Gasteiger partial charge in [0.05, 0.1) is 5.69 Å². The molecule has 0 saturated heterocycles. The molecule has 0 fully saturated rings. The molecule has 1 aromatic carbocycles. The van der Waals surface area contributed by atoms with Crippen molar-refractivity contribution in [3.05, 3.63) is 24.0 Å². The van der Waals surface area contributed by atoms with Gasteiger partial charge in [-0.2, -0.15) is 0 Å². The van der Waals surface area contributed by atoms with E-state index >= 15 is 0 Å². The summed E-state index contributed by atoms with van der Waals surface area (Å²) >= 11 is 0. The Morgan fingerprint density at radius 3 is 2.75 bits per heavy atom. The lowest BCUT2D eigenvalue weighted by Crippen LogP contribution is -2.17. The molecule has 1 amide bonds. The fourth-order valence-electron chi connectivity index (χ4n) is 0.715. The number of carbonyl (C=O) groups is 1. The van der Waals surface area contributed by atoms with E-state index in [9.17, 15) is 9.18 Å². The van der Waals surface area contributed by atoms with E-state index in [-0.39, 0.29) is 11.4 Å². The highest BCUT2D eigenvalue weighted by Crippen LogP contribution is 2.21. The Labute approximate surface area is 67.9 Å². The number of hydrogen-bond donors (Lipinski definition) is 2. The van der Waals surface area contributed by atoms with E-state index in [4.69, 9.17) is 5.73 Å². The Hall–Kier alpha value is -1.78. The van der Waals surface area contributed by atoms with Crippen molar-refractivity contribution in [2.45, 2.75) is 0 Å². The third-order valence-corrected chi connectivity index (χ3v) is 1.20. The first-order valence-electron chi connectivity index (χ1n) is 3.12. The average molecular weight is 170 g/mol. The molecule has 5 heteroatoms. The molecular formula is C7H7FN2O2. The van der Waals surface area contributed by atoms with Gasteiger partial charge >= 0.3 is 6.09 Å². The van der Waals surface area contributed by atoms with Gasteiger partial charge in [0.2, 0.25) is 0 Å². The van der Waals surface area contributed by atoms with Crippen molar-refractivity contribution in [1.29, 1.82) is 0 Å². The molecule has 0 heterocycles. The Balaban J connectivity index is 3.00. The van der Waals surface area contributed by atoms with Crippen LogP contribution in [-0.4, -0.2) is 6.09 Å². The van der Waals surface area contributed by atoms with Gasteiger partial charge < -0.3 is 16.2 Å². The van der Waals surface area contributed by atoms with Crippen LogP contribution < -0.4 is 16.2 Å². The lowest BCUT2D eigenvalue weighted by atomic mass is 10.3. The number of carbonyl (C=O) groups excluding carboxylic acids is 1. The lowest BCUT2D eigenvalue weighted by molar-refractivity contribution is 0.209. The van der Waals surface area contributed by atoms with Gasteiger partial charge in [0.15, 0.2) is 11.6 Å². The fraction of sp³-hybridized carbons (Fsp3) is 0. The van der Waals surface area contributed by atoms with Gasteiger partial charge in [-0.05, 0) is 12.1 Å². The number of hydrogen-bond acceptors (Lipinski definition) is 3. The first-order valence-corrected chi connectivity index (χ1v) is 3.12. The van der Waals surface area contributed by atoms with E-state index in [1.807, 2.05) is 0 Å². The third-order valence-electron chi connectivity index (χ3n) is 1.20. The molecule has 4 nitrogen and oxygen atoms in total. The van der Waals surface area contributed by atoms with Crippen LogP contribution >= 0.6 is 0 Å². The van der Waals surface area contributed by atoms with Gasteiger partial charge in [-0.25, -0.2) is 9.18 Å². The number of nitrogen functional groups attached to an aromatic ring is 1. The maximum Gasteiger partial charge on any atom is 0.410 e. The molecule has 0 aliphatic carbocycles. The largest absolute Gasteiger partial charge is 0.410 e. The predicted octanol–water partition coefficient (Wildman–Crippen LogP) is 0.865. The highest BCUT2D eigenvalue weighted by molar-refractivity contribution is 5.68. The molecule has 0 bridgehead atoms. The molecule has 0 saturated carbocycles. The number of benzene rings is 1. The molecule has 0 spiro atoms. The van der Waals surface area contributed by atoms with Crippen LogP contribution in [0.2, 0.25) is 0 Å². The molecule has 0 radical (unpaired) electrons. The zero-order valence-corrected chi connectivity index (χ0v) is 6.08. The van der Waals surface area contributed by atoms with E-state index in [1.165, 1.54) is 18.2 Å². The monoisotopic (exact) mass is 170 g/mol. The second-order valence-electron chi connectivity index (χ2n) is 2.08. The molecule has 0 aliphatic rings. The molecule has 1 aromatic rings. The van der Waals surface area contributed by atoms with Gasteiger partial charge in [-0.1, -0.05) is 6.07 Å². The molecule has 12 heavy (non-hydrogen) atoms. The van der Waals surface area contributed by atoms with Gasteiger partial charge in [-0.3, -0.25) is 0 Å². The quantitative estimate of drug-likeness (QED) is 0.613. The summed E-state index contributed by atoms with van der Waals surface area (Å²) in [5.41, 5.74) is 9.77. The summed E-state index contributed by atoms with van der Waals surface area (Å²) < 4.78 is 17.2. The Morgan fingerprint density at radius 1 is 1.50 bits per heavy atom. The zero-order valence-electron chi connectivity index (χ0n) is 6.08. The maximum atomic E-state index is 12.9. The van der Waals surface area contributed by atoms with Crippen molar-refractivity contribution < 1.29 is 13.9 Å². The van der Waals surface area contributed by atoms with E-state index < -0.39 is 11.9 Å². The van der Waals surface area contributed by atoms with Crippen molar-refractivity contribution in [3.8, 4) is 5.75 Å². The highest BCUT2D eigenvalue weighted by Gasteiger charge is 2.07. The van der Waals surface area contributed by atoms with Crippen molar-refractivity contribution in [2.24, 2.45) is 5.73 Å². The Bertz CT molecular complexity index is 314. The standard InChI is InChI=1S/C7H7FN2O2/c8-6-4(9)2-1-3-5(6)12-7(10)11/h1-3H,9H2,(H2,10,11). The van der Waals surface area contributed by atoms with Crippen LogP contribution in [0.3, 0.4) is 0 Å². The average Bonchev–Trinajstić information content (AvgIpc) is 1.98. The second kappa shape index (κ2) is 3.08. The van der Waals surface area contributed by atoms with Gasteiger partial charge in [0.1, 0.15) is 0 Å². The van der Waals surface area contributed by atoms with Crippen molar-refractivity contribution in [3.63, 3.8) is 0 Å². The zero-order chi connectivity index (χ0) is 9.14. The summed E-state index contributed by atoms with van der Waals surface area (Å²) in [6.45, 7) is 0. The fourth-order valence-corrected chi connectivity index (χ4v) is 0.715. The number of primary amides is 1. The Morgan fingerprint density at radius 2 is 2.17 bits per heavy atom. The number of ether oxygens (including phenoxy) is 1. The molecule has 0 atom stereocenters. The number of amides is 1. The molecule has 0 aliphatic heterocycles. The van der Waals surface area contributed by atoms with E-state index in [0.29, 0.717) is 0 Å². The van der Waals surface area contributed by atoms with Crippen LogP contribution in [0.5, 0.6) is 5.75 Å². The summed E-state index contributed by atoms with van der Waals surface area (Å²) in [6, 6.07) is 4.07. The topological polar surface area (TPSA) is 78.3 Å². The van der Waals surface area contributed by atoms with Gasteiger partial charge in [-0.15, -0.1) is 0 Å². The number of halogens is 1. The summed E-state index contributed by atoms with van der Waals surface area (Å²) in [5, 5.41) is 0. The highest BCUT2D eigenvalue weighted by atomic mass is 19.1. The van der Waals surface area contributed by atoms with Crippen LogP contribution in [0, 0.1) is 5.82 Å². The predicted molar refractivity (Wildman–Crippen MR) is 41.0 cm³/mol. The molecule has 4 N–H and O–H groups in total. The van der Waals surface area contributed by atoms with Crippen molar-refractivity contribution in [2.75, 3.05) is 5.73 Å².